The first-order valence-electron chi connectivity index (χ1n) is 6.06. The molecule has 1 aliphatic carbocycles. The molecule has 2 nitrogen and oxygen atoms in total. The summed E-state index contributed by atoms with van der Waals surface area (Å²) in [6.45, 7) is 1.72. The standard InChI is InChI=1S/C12H17F5O2Si/c1-18-20(3,19-2)6-4-5-12(17)7-8(13)9(14)10(15)11(12)16/h7,11H,4-6H2,1-3H3. The Labute approximate surface area is 115 Å². The third-order valence-corrected chi connectivity index (χ3v) is 6.47. The quantitative estimate of drug-likeness (QED) is 0.540. The molecule has 0 amide bonds. The van der Waals surface area contributed by atoms with E-state index in [1.165, 1.54) is 14.2 Å². The van der Waals surface area contributed by atoms with Crippen molar-refractivity contribution in [3.8, 4) is 0 Å². The van der Waals surface area contributed by atoms with Crippen LogP contribution < -0.4 is 0 Å². The predicted molar refractivity (Wildman–Crippen MR) is 66.8 cm³/mol. The van der Waals surface area contributed by atoms with Crippen LogP contribution in [0.25, 0.3) is 0 Å². The fourth-order valence-corrected chi connectivity index (χ4v) is 3.34. The monoisotopic (exact) mass is 316 g/mol. The van der Waals surface area contributed by atoms with Crippen LogP contribution in [0.4, 0.5) is 22.0 Å². The van der Waals surface area contributed by atoms with E-state index in [4.69, 9.17) is 8.85 Å². The molecule has 0 aromatic carbocycles. The summed E-state index contributed by atoms with van der Waals surface area (Å²) in [5.74, 6) is -5.72. The maximum Gasteiger partial charge on any atom is 0.334 e. The Bertz CT molecular complexity index is 422. The Morgan fingerprint density at radius 3 is 2.30 bits per heavy atom. The van der Waals surface area contributed by atoms with Crippen molar-refractivity contribution in [2.45, 2.75) is 37.3 Å². The normalized spacial score (nSPS) is 27.8. The van der Waals surface area contributed by atoms with Gasteiger partial charge < -0.3 is 8.85 Å². The molecular weight excluding hydrogens is 299 g/mol. The Kier molecular flexibility index (Phi) is 5.51. The Morgan fingerprint density at radius 1 is 1.25 bits per heavy atom. The second-order valence-corrected chi connectivity index (χ2v) is 8.42. The highest BCUT2D eigenvalue weighted by Gasteiger charge is 2.47. The van der Waals surface area contributed by atoms with Crippen LogP contribution in [0.15, 0.2) is 23.6 Å². The highest BCUT2D eigenvalue weighted by atomic mass is 28.4. The molecule has 0 aromatic rings. The summed E-state index contributed by atoms with van der Waals surface area (Å²) < 4.78 is 77.0. The summed E-state index contributed by atoms with van der Waals surface area (Å²) in [4.78, 5) is 0. The van der Waals surface area contributed by atoms with Gasteiger partial charge in [0.1, 0.15) is 0 Å². The van der Waals surface area contributed by atoms with Gasteiger partial charge in [-0.2, -0.15) is 0 Å². The molecule has 0 bridgehead atoms. The van der Waals surface area contributed by atoms with Crippen LogP contribution in [0.3, 0.4) is 0 Å². The van der Waals surface area contributed by atoms with Crippen LogP contribution in [-0.2, 0) is 8.85 Å². The second kappa shape index (κ2) is 6.36. The second-order valence-electron chi connectivity index (χ2n) is 4.84. The molecule has 0 saturated carbocycles. The Morgan fingerprint density at radius 2 is 1.80 bits per heavy atom. The first-order valence-corrected chi connectivity index (χ1v) is 8.58. The lowest BCUT2D eigenvalue weighted by molar-refractivity contribution is 0.0818. The Hall–Kier alpha value is -0.733. The van der Waals surface area contributed by atoms with E-state index in [0.717, 1.165) is 0 Å². The molecule has 8 heteroatoms. The maximum absolute atomic E-state index is 14.2. The molecule has 0 N–H and O–H groups in total. The first kappa shape index (κ1) is 17.3. The van der Waals surface area contributed by atoms with Gasteiger partial charge in [0.25, 0.3) is 0 Å². The van der Waals surface area contributed by atoms with Crippen molar-refractivity contribution >= 4 is 8.56 Å². The zero-order chi connectivity index (χ0) is 15.6. The molecule has 0 radical (unpaired) electrons. The average molecular weight is 316 g/mol. The molecule has 0 aromatic heterocycles. The van der Waals surface area contributed by atoms with Crippen LogP contribution in [0.5, 0.6) is 0 Å². The summed E-state index contributed by atoms with van der Waals surface area (Å²) in [5, 5.41) is 0. The minimum Gasteiger partial charge on any atom is -0.398 e. The number of hydrogen-bond donors (Lipinski definition) is 0. The van der Waals surface area contributed by atoms with Gasteiger partial charge in [-0.1, -0.05) is 0 Å². The van der Waals surface area contributed by atoms with Crippen LogP contribution in [0.2, 0.25) is 12.6 Å². The Balaban J connectivity index is 2.73. The van der Waals surface area contributed by atoms with Crippen molar-refractivity contribution in [1.29, 1.82) is 0 Å². The lowest BCUT2D eigenvalue weighted by Crippen LogP contribution is -2.39. The van der Waals surface area contributed by atoms with Gasteiger partial charge >= 0.3 is 8.56 Å². The van der Waals surface area contributed by atoms with E-state index < -0.39 is 44.3 Å². The predicted octanol–water partition coefficient (Wildman–Crippen LogP) is 4.20. The van der Waals surface area contributed by atoms with Crippen molar-refractivity contribution in [3.05, 3.63) is 23.6 Å². The molecule has 2 unspecified atom stereocenters. The molecular formula is C12H17F5O2Si. The molecule has 0 heterocycles. The van der Waals surface area contributed by atoms with E-state index in [1.54, 1.807) is 6.55 Å². The lowest BCUT2D eigenvalue weighted by atomic mass is 9.89. The molecule has 1 aliphatic rings. The first-order chi connectivity index (χ1) is 9.19. The SMILES string of the molecule is CO[Si](C)(CCCC1(F)C=C(F)C(F)=C(F)C1F)OC. The van der Waals surface area contributed by atoms with Crippen molar-refractivity contribution < 1.29 is 30.8 Å². The van der Waals surface area contributed by atoms with Gasteiger partial charge in [-0.25, -0.2) is 22.0 Å². The zero-order valence-electron chi connectivity index (χ0n) is 11.5. The van der Waals surface area contributed by atoms with E-state index in [1.807, 2.05) is 0 Å². The summed E-state index contributed by atoms with van der Waals surface area (Å²) in [5.41, 5.74) is -2.89. The average Bonchev–Trinajstić information content (AvgIpc) is 2.43. The number of alkyl halides is 2. The van der Waals surface area contributed by atoms with Gasteiger partial charge in [-0.05, 0) is 31.5 Å². The van der Waals surface area contributed by atoms with E-state index in [0.29, 0.717) is 6.04 Å². The summed E-state index contributed by atoms with van der Waals surface area (Å²) in [6, 6.07) is 0.321. The molecule has 20 heavy (non-hydrogen) atoms. The van der Waals surface area contributed by atoms with Crippen molar-refractivity contribution in [2.24, 2.45) is 0 Å². The van der Waals surface area contributed by atoms with Crippen LogP contribution >= 0.6 is 0 Å². The highest BCUT2D eigenvalue weighted by molar-refractivity contribution is 6.65. The largest absolute Gasteiger partial charge is 0.398 e. The fraction of sp³-hybridized carbons (Fsp3) is 0.667. The molecule has 0 aliphatic heterocycles. The van der Waals surface area contributed by atoms with E-state index in [-0.39, 0.29) is 12.5 Å². The zero-order valence-corrected chi connectivity index (χ0v) is 12.5. The van der Waals surface area contributed by atoms with Gasteiger partial charge in [-0.15, -0.1) is 0 Å². The molecule has 0 spiro atoms. The minimum atomic E-state index is -2.89. The van der Waals surface area contributed by atoms with Gasteiger partial charge in [0.15, 0.2) is 29.3 Å². The molecule has 0 fully saturated rings. The van der Waals surface area contributed by atoms with Gasteiger partial charge in [0, 0.05) is 14.2 Å². The fourth-order valence-electron chi connectivity index (χ4n) is 1.95. The van der Waals surface area contributed by atoms with Crippen LogP contribution in [0.1, 0.15) is 12.8 Å². The van der Waals surface area contributed by atoms with E-state index >= 15 is 0 Å². The lowest BCUT2D eigenvalue weighted by Gasteiger charge is -2.29. The summed E-state index contributed by atoms with van der Waals surface area (Å²) in [6.07, 6.45) is -3.06. The third-order valence-electron chi connectivity index (χ3n) is 3.48. The van der Waals surface area contributed by atoms with Crippen molar-refractivity contribution in [2.75, 3.05) is 14.2 Å². The van der Waals surface area contributed by atoms with Gasteiger partial charge in [0.2, 0.25) is 0 Å². The number of halogens is 5. The van der Waals surface area contributed by atoms with Crippen LogP contribution in [0, 0.1) is 0 Å². The van der Waals surface area contributed by atoms with Gasteiger partial charge in [0.05, 0.1) is 0 Å². The highest BCUT2D eigenvalue weighted by Crippen LogP contribution is 2.41. The molecule has 2 atom stereocenters. The number of hydrogen-bond acceptors (Lipinski definition) is 2. The molecule has 0 saturated heterocycles. The van der Waals surface area contributed by atoms with Crippen LogP contribution in [-0.4, -0.2) is 34.6 Å². The summed E-state index contributed by atoms with van der Waals surface area (Å²) in [7, 11) is 0.415. The molecule has 116 valence electrons. The number of rotatable bonds is 6. The maximum atomic E-state index is 14.2. The smallest absolute Gasteiger partial charge is 0.334 e. The molecule has 1 rings (SSSR count). The van der Waals surface area contributed by atoms with E-state index in [2.05, 4.69) is 0 Å². The minimum absolute atomic E-state index is 0.0972. The summed E-state index contributed by atoms with van der Waals surface area (Å²) >= 11 is 0. The topological polar surface area (TPSA) is 18.5 Å². The number of allylic oxidation sites excluding steroid dienone is 4. The van der Waals surface area contributed by atoms with Gasteiger partial charge in [-0.3, -0.25) is 0 Å². The van der Waals surface area contributed by atoms with Crippen molar-refractivity contribution in [3.63, 3.8) is 0 Å². The van der Waals surface area contributed by atoms with E-state index in [9.17, 15) is 22.0 Å². The third kappa shape index (κ3) is 3.47. The van der Waals surface area contributed by atoms with Crippen molar-refractivity contribution in [1.82, 2.24) is 0 Å².